The van der Waals surface area contributed by atoms with E-state index in [9.17, 15) is 14.0 Å². The molecule has 1 unspecified atom stereocenters. The number of fused-ring (bicyclic) bond motifs is 1. The number of carboxylic acids is 1. The predicted octanol–water partition coefficient (Wildman–Crippen LogP) is 2.50. The van der Waals surface area contributed by atoms with E-state index < -0.39 is 12.1 Å². The Bertz CT molecular complexity index is 806. The van der Waals surface area contributed by atoms with Crippen molar-refractivity contribution < 1.29 is 28.6 Å². The highest BCUT2D eigenvalue weighted by molar-refractivity contribution is 7.21. The number of morpholine rings is 1. The van der Waals surface area contributed by atoms with Crippen molar-refractivity contribution in [1.29, 1.82) is 0 Å². The Balaban J connectivity index is 1.92. The van der Waals surface area contributed by atoms with Crippen LogP contribution in [0, 0.1) is 5.82 Å². The number of thiophene rings is 1. The fourth-order valence-electron chi connectivity index (χ4n) is 2.99. The Morgan fingerprint density at radius 1 is 1.48 bits per heavy atom. The molecule has 3 rings (SSSR count). The second-order valence-corrected chi connectivity index (χ2v) is 6.85. The lowest BCUT2D eigenvalue weighted by Gasteiger charge is -2.32. The van der Waals surface area contributed by atoms with Gasteiger partial charge < -0.3 is 19.5 Å². The molecule has 8 heteroatoms. The highest BCUT2D eigenvalue weighted by Crippen LogP contribution is 2.34. The molecule has 134 valence electrons. The van der Waals surface area contributed by atoms with Gasteiger partial charge in [-0.1, -0.05) is 6.07 Å². The largest absolute Gasteiger partial charge is 0.481 e. The van der Waals surface area contributed by atoms with Gasteiger partial charge in [0.1, 0.15) is 5.82 Å². The SMILES string of the molecule is COCc1c(C(=O)N2CCOC(CC(=O)O)C2)sc2cccc(F)c12. The summed E-state index contributed by atoms with van der Waals surface area (Å²) in [5, 5.41) is 9.32. The molecule has 1 aliphatic rings. The van der Waals surface area contributed by atoms with Gasteiger partial charge in [0.25, 0.3) is 5.91 Å². The smallest absolute Gasteiger partial charge is 0.306 e. The summed E-state index contributed by atoms with van der Waals surface area (Å²) < 4.78 is 25.5. The normalized spacial score (nSPS) is 17.8. The van der Waals surface area contributed by atoms with Gasteiger partial charge in [-0.3, -0.25) is 9.59 Å². The average molecular weight is 367 g/mol. The molecule has 0 spiro atoms. The number of ether oxygens (including phenoxy) is 2. The van der Waals surface area contributed by atoms with Crippen LogP contribution in [0.5, 0.6) is 0 Å². The molecule has 0 saturated carbocycles. The van der Waals surface area contributed by atoms with E-state index >= 15 is 0 Å². The molecule has 2 heterocycles. The number of halogens is 1. The average Bonchev–Trinajstić information content (AvgIpc) is 2.94. The zero-order valence-electron chi connectivity index (χ0n) is 13.7. The number of amides is 1. The van der Waals surface area contributed by atoms with E-state index in [0.717, 1.165) is 0 Å². The summed E-state index contributed by atoms with van der Waals surface area (Å²) in [6.45, 7) is 0.986. The van der Waals surface area contributed by atoms with Gasteiger partial charge in [-0.15, -0.1) is 11.3 Å². The third kappa shape index (κ3) is 3.65. The van der Waals surface area contributed by atoms with Gasteiger partial charge in [0.2, 0.25) is 0 Å². The molecular formula is C17H18FNO5S. The highest BCUT2D eigenvalue weighted by atomic mass is 32.1. The number of methoxy groups -OCH3 is 1. The first-order valence-electron chi connectivity index (χ1n) is 7.82. The van der Waals surface area contributed by atoms with Crippen molar-refractivity contribution >= 4 is 33.3 Å². The first-order chi connectivity index (χ1) is 12.0. The standard InChI is InChI=1S/C17H18FNO5S/c1-23-9-11-15-12(18)3-2-4-13(15)25-16(11)17(22)19-5-6-24-10(8-19)7-14(20)21/h2-4,10H,5-9H2,1H3,(H,20,21). The van der Waals surface area contributed by atoms with Crippen LogP contribution < -0.4 is 0 Å². The van der Waals surface area contributed by atoms with E-state index in [1.54, 1.807) is 17.0 Å². The fourth-order valence-corrected chi connectivity index (χ4v) is 4.18. The van der Waals surface area contributed by atoms with Gasteiger partial charge in [0.05, 0.1) is 30.6 Å². The summed E-state index contributed by atoms with van der Waals surface area (Å²) >= 11 is 1.23. The molecule has 1 aromatic carbocycles. The summed E-state index contributed by atoms with van der Waals surface area (Å²) in [4.78, 5) is 25.8. The molecule has 1 saturated heterocycles. The third-order valence-electron chi connectivity index (χ3n) is 4.07. The molecule has 6 nitrogen and oxygen atoms in total. The van der Waals surface area contributed by atoms with E-state index in [2.05, 4.69) is 0 Å². The predicted molar refractivity (Wildman–Crippen MR) is 90.4 cm³/mol. The molecule has 1 aliphatic heterocycles. The zero-order chi connectivity index (χ0) is 18.0. The lowest BCUT2D eigenvalue weighted by Crippen LogP contribution is -2.46. The van der Waals surface area contributed by atoms with Crippen LogP contribution in [0.15, 0.2) is 18.2 Å². The number of carboxylic acid groups (broad SMARTS) is 1. The Morgan fingerprint density at radius 3 is 3.00 bits per heavy atom. The van der Waals surface area contributed by atoms with E-state index in [0.29, 0.717) is 27.1 Å². The molecule has 2 aromatic rings. The lowest BCUT2D eigenvalue weighted by atomic mass is 10.1. The zero-order valence-corrected chi connectivity index (χ0v) is 14.5. The van der Waals surface area contributed by atoms with Crippen LogP contribution in [0.25, 0.3) is 10.1 Å². The highest BCUT2D eigenvalue weighted by Gasteiger charge is 2.30. The number of hydrogen-bond donors (Lipinski definition) is 1. The molecule has 1 atom stereocenters. The lowest BCUT2D eigenvalue weighted by molar-refractivity contribution is -0.141. The van der Waals surface area contributed by atoms with Gasteiger partial charge >= 0.3 is 5.97 Å². The van der Waals surface area contributed by atoms with Crippen molar-refractivity contribution in [1.82, 2.24) is 4.90 Å². The van der Waals surface area contributed by atoms with Crippen molar-refractivity contribution in [3.63, 3.8) is 0 Å². The topological polar surface area (TPSA) is 76.1 Å². The number of aliphatic carboxylic acids is 1. The minimum Gasteiger partial charge on any atom is -0.481 e. The molecule has 25 heavy (non-hydrogen) atoms. The summed E-state index contributed by atoms with van der Waals surface area (Å²) in [6, 6.07) is 4.74. The molecule has 1 N–H and O–H groups in total. The Labute approximate surface area is 147 Å². The van der Waals surface area contributed by atoms with Gasteiger partial charge in [0.15, 0.2) is 0 Å². The summed E-state index contributed by atoms with van der Waals surface area (Å²) in [5.74, 6) is -1.60. The summed E-state index contributed by atoms with van der Waals surface area (Å²) in [6.07, 6.45) is -0.692. The van der Waals surface area contributed by atoms with Crippen LogP contribution in [0.4, 0.5) is 4.39 Å². The number of carbonyl (C=O) groups is 2. The van der Waals surface area contributed by atoms with Crippen molar-refractivity contribution in [2.75, 3.05) is 26.8 Å². The second kappa shape index (κ2) is 7.47. The monoisotopic (exact) mass is 367 g/mol. The van der Waals surface area contributed by atoms with Crippen LogP contribution in [0.1, 0.15) is 21.7 Å². The number of hydrogen-bond acceptors (Lipinski definition) is 5. The van der Waals surface area contributed by atoms with Crippen molar-refractivity contribution in [2.24, 2.45) is 0 Å². The van der Waals surface area contributed by atoms with Gasteiger partial charge in [-0.05, 0) is 12.1 Å². The molecule has 1 fully saturated rings. The minimum atomic E-state index is -0.969. The van der Waals surface area contributed by atoms with Crippen LogP contribution in [-0.4, -0.2) is 54.8 Å². The maximum absolute atomic E-state index is 14.2. The van der Waals surface area contributed by atoms with E-state index in [-0.39, 0.29) is 37.9 Å². The molecular weight excluding hydrogens is 349 g/mol. The fraction of sp³-hybridized carbons (Fsp3) is 0.412. The second-order valence-electron chi connectivity index (χ2n) is 5.80. The van der Waals surface area contributed by atoms with Crippen molar-refractivity contribution in [3.05, 3.63) is 34.5 Å². The Kier molecular flexibility index (Phi) is 5.31. The summed E-state index contributed by atoms with van der Waals surface area (Å²) in [7, 11) is 1.50. The Hall–Kier alpha value is -2.03. The van der Waals surface area contributed by atoms with Crippen LogP contribution in [0.2, 0.25) is 0 Å². The van der Waals surface area contributed by atoms with E-state index in [1.165, 1.54) is 24.5 Å². The number of benzene rings is 1. The Morgan fingerprint density at radius 2 is 2.28 bits per heavy atom. The van der Waals surface area contributed by atoms with Crippen LogP contribution in [-0.2, 0) is 20.9 Å². The van der Waals surface area contributed by atoms with Crippen LogP contribution >= 0.6 is 11.3 Å². The van der Waals surface area contributed by atoms with Crippen molar-refractivity contribution in [2.45, 2.75) is 19.1 Å². The first kappa shape index (κ1) is 17.8. The molecule has 0 bridgehead atoms. The van der Waals surface area contributed by atoms with Gasteiger partial charge in [-0.25, -0.2) is 4.39 Å². The molecule has 1 amide bonds. The van der Waals surface area contributed by atoms with Gasteiger partial charge in [0, 0.05) is 35.8 Å². The minimum absolute atomic E-state index is 0.130. The number of carbonyl (C=O) groups excluding carboxylic acids is 1. The number of rotatable bonds is 5. The van der Waals surface area contributed by atoms with E-state index in [1.807, 2.05) is 0 Å². The third-order valence-corrected chi connectivity index (χ3v) is 5.26. The van der Waals surface area contributed by atoms with Crippen LogP contribution in [0.3, 0.4) is 0 Å². The molecule has 0 radical (unpaired) electrons. The first-order valence-corrected chi connectivity index (χ1v) is 8.64. The maximum Gasteiger partial charge on any atom is 0.306 e. The number of nitrogens with zero attached hydrogens (tertiary/aromatic N) is 1. The maximum atomic E-state index is 14.2. The van der Waals surface area contributed by atoms with Gasteiger partial charge in [-0.2, -0.15) is 0 Å². The quantitative estimate of drug-likeness (QED) is 0.879. The molecule has 1 aromatic heterocycles. The van der Waals surface area contributed by atoms with E-state index in [4.69, 9.17) is 14.6 Å². The molecule has 0 aliphatic carbocycles. The van der Waals surface area contributed by atoms with Crippen molar-refractivity contribution in [3.8, 4) is 0 Å². The summed E-state index contributed by atoms with van der Waals surface area (Å²) in [5.41, 5.74) is 0.534.